The van der Waals surface area contributed by atoms with Crippen molar-refractivity contribution in [3.8, 4) is 0 Å². The van der Waals surface area contributed by atoms with Crippen LogP contribution in [0.15, 0.2) is 0 Å². The molecule has 0 spiro atoms. The van der Waals surface area contributed by atoms with Crippen molar-refractivity contribution in [2.45, 2.75) is 58.0 Å². The van der Waals surface area contributed by atoms with E-state index in [1.54, 1.807) is 6.92 Å². The fourth-order valence-electron chi connectivity index (χ4n) is 3.14. The van der Waals surface area contributed by atoms with Gasteiger partial charge in [-0.25, -0.2) is 0 Å². The number of hydrogen-bond donors (Lipinski definition) is 1. The van der Waals surface area contributed by atoms with Crippen LogP contribution >= 0.6 is 0 Å². The quantitative estimate of drug-likeness (QED) is 0.736. The maximum atomic E-state index is 11.8. The Balaban J connectivity index is 1.97. The number of carbonyl (C=O) groups is 1. The molecule has 0 bridgehead atoms. The zero-order valence-corrected chi connectivity index (χ0v) is 11.4. The normalized spacial score (nSPS) is 23.2. The lowest BCUT2D eigenvalue weighted by Crippen LogP contribution is -2.44. The molecule has 0 aliphatic heterocycles. The van der Waals surface area contributed by atoms with Crippen LogP contribution in [0.25, 0.3) is 0 Å². The summed E-state index contributed by atoms with van der Waals surface area (Å²) in [5, 5.41) is 3.25. The molecule has 0 heterocycles. The Kier molecular flexibility index (Phi) is 4.08. The van der Waals surface area contributed by atoms with Crippen molar-refractivity contribution in [3.63, 3.8) is 0 Å². The summed E-state index contributed by atoms with van der Waals surface area (Å²) in [7, 11) is 2.01. The van der Waals surface area contributed by atoms with Crippen molar-refractivity contribution < 1.29 is 4.79 Å². The average Bonchev–Trinajstić information content (AvgIpc) is 3.12. The minimum absolute atomic E-state index is 0.273. The van der Waals surface area contributed by atoms with E-state index in [-0.39, 0.29) is 5.91 Å². The Labute approximate surface area is 105 Å². The molecule has 2 fully saturated rings. The number of amides is 1. The van der Waals surface area contributed by atoms with E-state index < -0.39 is 0 Å². The van der Waals surface area contributed by atoms with Crippen LogP contribution in [0.2, 0.25) is 0 Å². The third kappa shape index (κ3) is 3.21. The van der Waals surface area contributed by atoms with Gasteiger partial charge in [0.25, 0.3) is 0 Å². The summed E-state index contributed by atoms with van der Waals surface area (Å²) in [6.07, 6.45) is 6.38. The van der Waals surface area contributed by atoms with Crippen molar-refractivity contribution in [1.29, 1.82) is 0 Å². The predicted molar refractivity (Wildman–Crippen MR) is 69.8 cm³/mol. The van der Waals surface area contributed by atoms with Gasteiger partial charge in [-0.3, -0.25) is 4.79 Å². The van der Waals surface area contributed by atoms with Crippen LogP contribution in [-0.2, 0) is 4.79 Å². The molecular weight excluding hydrogens is 212 g/mol. The Hall–Kier alpha value is -0.570. The Morgan fingerprint density at radius 3 is 2.41 bits per heavy atom. The molecule has 2 rings (SSSR count). The molecular formula is C14H26N2O. The molecule has 1 N–H and O–H groups in total. The lowest BCUT2D eigenvalue weighted by Gasteiger charge is -2.35. The van der Waals surface area contributed by atoms with Crippen molar-refractivity contribution in [2.75, 3.05) is 13.6 Å². The van der Waals surface area contributed by atoms with Gasteiger partial charge in [0.15, 0.2) is 0 Å². The molecule has 3 heteroatoms. The second kappa shape index (κ2) is 5.38. The van der Waals surface area contributed by atoms with Gasteiger partial charge in [0.2, 0.25) is 5.91 Å². The lowest BCUT2D eigenvalue weighted by atomic mass is 9.90. The first-order chi connectivity index (χ1) is 8.15. The van der Waals surface area contributed by atoms with Crippen molar-refractivity contribution in [1.82, 2.24) is 10.2 Å². The Bertz CT molecular complexity index is 271. The van der Waals surface area contributed by atoms with E-state index in [1.165, 1.54) is 32.1 Å². The second-order valence-corrected chi connectivity index (χ2v) is 5.79. The van der Waals surface area contributed by atoms with E-state index in [9.17, 15) is 4.79 Å². The second-order valence-electron chi connectivity index (χ2n) is 5.79. The highest BCUT2D eigenvalue weighted by Gasteiger charge is 2.41. The van der Waals surface area contributed by atoms with Gasteiger partial charge < -0.3 is 10.2 Å². The fraction of sp³-hybridized carbons (Fsp3) is 0.929. The van der Waals surface area contributed by atoms with Crippen LogP contribution in [0, 0.1) is 11.8 Å². The Morgan fingerprint density at radius 2 is 2.00 bits per heavy atom. The third-order valence-corrected chi connectivity index (χ3v) is 4.32. The minimum Gasteiger partial charge on any atom is -0.337 e. The number of nitrogens with one attached hydrogen (secondary N) is 1. The zero-order valence-electron chi connectivity index (χ0n) is 11.4. The van der Waals surface area contributed by atoms with Crippen LogP contribution in [-0.4, -0.2) is 36.5 Å². The number of carbonyl (C=O) groups excluding carboxylic acids is 1. The average molecular weight is 238 g/mol. The van der Waals surface area contributed by atoms with Gasteiger partial charge in [-0.05, 0) is 64.5 Å². The molecule has 0 aromatic heterocycles. The van der Waals surface area contributed by atoms with Gasteiger partial charge in [-0.2, -0.15) is 0 Å². The molecule has 1 amide bonds. The van der Waals surface area contributed by atoms with E-state index in [2.05, 4.69) is 17.1 Å². The molecule has 2 saturated carbocycles. The maximum Gasteiger partial charge on any atom is 0.219 e. The highest BCUT2D eigenvalue weighted by atomic mass is 16.2. The number of hydrogen-bond acceptors (Lipinski definition) is 2. The summed E-state index contributed by atoms with van der Waals surface area (Å²) in [4.78, 5) is 14.0. The molecule has 0 radical (unpaired) electrons. The molecule has 98 valence electrons. The summed E-state index contributed by atoms with van der Waals surface area (Å²) < 4.78 is 0. The largest absolute Gasteiger partial charge is 0.337 e. The van der Waals surface area contributed by atoms with Crippen LogP contribution in [0.5, 0.6) is 0 Å². The SMILES string of the molecule is CNCCC(C1CC1)C(C)N(C(C)=O)C1CC1. The van der Waals surface area contributed by atoms with Crippen molar-refractivity contribution in [3.05, 3.63) is 0 Å². The van der Waals surface area contributed by atoms with Gasteiger partial charge in [0, 0.05) is 19.0 Å². The van der Waals surface area contributed by atoms with Crippen LogP contribution < -0.4 is 5.32 Å². The fourth-order valence-corrected chi connectivity index (χ4v) is 3.14. The van der Waals surface area contributed by atoms with Gasteiger partial charge in [-0.1, -0.05) is 0 Å². The smallest absolute Gasteiger partial charge is 0.219 e. The van der Waals surface area contributed by atoms with Crippen LogP contribution in [0.4, 0.5) is 0 Å². The van der Waals surface area contributed by atoms with E-state index >= 15 is 0 Å². The zero-order chi connectivity index (χ0) is 12.4. The standard InChI is InChI=1S/C14H26N2O/c1-10(16(11(2)17)13-6-7-13)14(8-9-15-3)12-4-5-12/h10,12-15H,4-9H2,1-3H3. The van der Waals surface area contributed by atoms with Gasteiger partial charge in [0.1, 0.15) is 0 Å². The van der Waals surface area contributed by atoms with Gasteiger partial charge in [0.05, 0.1) is 0 Å². The third-order valence-electron chi connectivity index (χ3n) is 4.32. The molecule has 2 aliphatic carbocycles. The Morgan fingerprint density at radius 1 is 1.35 bits per heavy atom. The summed E-state index contributed by atoms with van der Waals surface area (Å²) in [5.74, 6) is 1.85. The topological polar surface area (TPSA) is 32.3 Å². The van der Waals surface area contributed by atoms with Gasteiger partial charge in [-0.15, -0.1) is 0 Å². The van der Waals surface area contributed by atoms with E-state index in [1.807, 2.05) is 7.05 Å². The maximum absolute atomic E-state index is 11.8. The minimum atomic E-state index is 0.273. The lowest BCUT2D eigenvalue weighted by molar-refractivity contribution is -0.132. The summed E-state index contributed by atoms with van der Waals surface area (Å²) >= 11 is 0. The molecule has 3 nitrogen and oxygen atoms in total. The predicted octanol–water partition coefficient (Wildman–Crippen LogP) is 2.02. The van der Waals surface area contributed by atoms with Crippen LogP contribution in [0.3, 0.4) is 0 Å². The molecule has 0 aromatic rings. The summed E-state index contributed by atoms with van der Waals surface area (Å²) in [6.45, 7) is 5.07. The molecule has 0 saturated heterocycles. The molecule has 2 unspecified atom stereocenters. The first-order valence-corrected chi connectivity index (χ1v) is 7.08. The first-order valence-electron chi connectivity index (χ1n) is 7.08. The first kappa shape index (κ1) is 12.9. The molecule has 2 atom stereocenters. The van der Waals surface area contributed by atoms with Gasteiger partial charge >= 0.3 is 0 Å². The van der Waals surface area contributed by atoms with Crippen LogP contribution in [0.1, 0.15) is 46.0 Å². The summed E-state index contributed by atoms with van der Waals surface area (Å²) in [6, 6.07) is 0.985. The number of rotatable bonds is 7. The number of nitrogens with zero attached hydrogens (tertiary/aromatic N) is 1. The highest BCUT2D eigenvalue weighted by molar-refractivity contribution is 5.74. The van der Waals surface area contributed by atoms with E-state index in [0.29, 0.717) is 18.0 Å². The molecule has 17 heavy (non-hydrogen) atoms. The molecule has 2 aliphatic rings. The highest BCUT2D eigenvalue weighted by Crippen LogP contribution is 2.43. The van der Waals surface area contributed by atoms with E-state index in [4.69, 9.17) is 0 Å². The molecule has 0 aromatic carbocycles. The van der Waals surface area contributed by atoms with E-state index in [0.717, 1.165) is 12.5 Å². The van der Waals surface area contributed by atoms with Crippen molar-refractivity contribution >= 4 is 5.91 Å². The summed E-state index contributed by atoms with van der Waals surface area (Å²) in [5.41, 5.74) is 0. The monoisotopic (exact) mass is 238 g/mol. The van der Waals surface area contributed by atoms with Crippen molar-refractivity contribution in [2.24, 2.45) is 11.8 Å².